The van der Waals surface area contributed by atoms with Crippen molar-refractivity contribution in [3.8, 4) is 11.5 Å². The molecule has 0 saturated carbocycles. The van der Waals surface area contributed by atoms with Crippen LogP contribution in [0.5, 0.6) is 11.5 Å². The van der Waals surface area contributed by atoms with Crippen LogP contribution in [0.3, 0.4) is 0 Å². The van der Waals surface area contributed by atoms with E-state index in [1.54, 1.807) is 7.11 Å². The summed E-state index contributed by atoms with van der Waals surface area (Å²) in [5, 5.41) is 0. The highest BCUT2D eigenvalue weighted by atomic mass is 16.5. The van der Waals surface area contributed by atoms with Gasteiger partial charge in [-0.1, -0.05) is 19.9 Å². The van der Waals surface area contributed by atoms with Crippen LogP contribution in [0.2, 0.25) is 0 Å². The molecular weight excluding hydrogens is 266 g/mol. The van der Waals surface area contributed by atoms with Gasteiger partial charge in [-0.05, 0) is 43.4 Å². The maximum Gasteiger partial charge on any atom is 0.161 e. The molecular formula is C17H29NO3. The van der Waals surface area contributed by atoms with Gasteiger partial charge in [-0.2, -0.15) is 0 Å². The molecule has 0 aliphatic rings. The number of hydrogen-bond acceptors (Lipinski definition) is 4. The van der Waals surface area contributed by atoms with Crippen LogP contribution in [0, 0.1) is 5.92 Å². The van der Waals surface area contributed by atoms with E-state index in [1.165, 1.54) is 0 Å². The van der Waals surface area contributed by atoms with Gasteiger partial charge in [-0.15, -0.1) is 0 Å². The Labute approximate surface area is 128 Å². The van der Waals surface area contributed by atoms with Gasteiger partial charge in [0.25, 0.3) is 0 Å². The first kappa shape index (κ1) is 17.8. The Balaban J connectivity index is 2.44. The van der Waals surface area contributed by atoms with Gasteiger partial charge < -0.3 is 19.9 Å². The first-order valence-corrected chi connectivity index (χ1v) is 7.66. The van der Waals surface area contributed by atoms with E-state index in [9.17, 15) is 0 Å². The molecule has 120 valence electrons. The second kappa shape index (κ2) is 9.64. The summed E-state index contributed by atoms with van der Waals surface area (Å²) >= 11 is 0. The molecule has 2 N–H and O–H groups in total. The van der Waals surface area contributed by atoms with E-state index in [1.807, 2.05) is 25.1 Å². The summed E-state index contributed by atoms with van der Waals surface area (Å²) in [6.07, 6.45) is 1.90. The van der Waals surface area contributed by atoms with Crippen molar-refractivity contribution in [1.82, 2.24) is 0 Å². The smallest absolute Gasteiger partial charge is 0.161 e. The van der Waals surface area contributed by atoms with Crippen molar-refractivity contribution in [2.75, 3.05) is 26.9 Å². The number of benzene rings is 1. The molecule has 0 heterocycles. The van der Waals surface area contributed by atoms with Crippen molar-refractivity contribution in [2.45, 2.75) is 39.7 Å². The van der Waals surface area contributed by atoms with E-state index >= 15 is 0 Å². The van der Waals surface area contributed by atoms with Crippen molar-refractivity contribution < 1.29 is 14.2 Å². The minimum Gasteiger partial charge on any atom is -0.493 e. The standard InChI is InChI=1S/C17H29NO3/c1-13(2)7-8-20-9-10-21-17-12-15(11-14(3)18)5-6-16(17)19-4/h5-6,12-14H,7-11,18H2,1-4H3. The SMILES string of the molecule is COc1ccc(CC(C)N)cc1OCCOCCC(C)C. The average Bonchev–Trinajstić information content (AvgIpc) is 2.42. The Bertz CT molecular complexity index is 405. The predicted octanol–water partition coefficient (Wildman–Crippen LogP) is 3.03. The van der Waals surface area contributed by atoms with Gasteiger partial charge in [-0.3, -0.25) is 0 Å². The molecule has 0 aliphatic heterocycles. The lowest BCUT2D eigenvalue weighted by Gasteiger charge is -2.13. The molecule has 0 fully saturated rings. The quantitative estimate of drug-likeness (QED) is 0.674. The first-order valence-electron chi connectivity index (χ1n) is 7.66. The van der Waals surface area contributed by atoms with E-state index in [2.05, 4.69) is 13.8 Å². The fourth-order valence-electron chi connectivity index (χ4n) is 1.96. The molecule has 1 rings (SSSR count). The third-order valence-electron chi connectivity index (χ3n) is 3.11. The van der Waals surface area contributed by atoms with E-state index in [0.29, 0.717) is 19.1 Å². The summed E-state index contributed by atoms with van der Waals surface area (Å²) in [7, 11) is 1.65. The lowest BCUT2D eigenvalue weighted by Crippen LogP contribution is -2.17. The Morgan fingerprint density at radius 3 is 2.43 bits per heavy atom. The van der Waals surface area contributed by atoms with Gasteiger partial charge in [0.05, 0.1) is 13.7 Å². The maximum absolute atomic E-state index is 5.83. The molecule has 0 aromatic heterocycles. The summed E-state index contributed by atoms with van der Waals surface area (Å²) in [6, 6.07) is 6.07. The Morgan fingerprint density at radius 2 is 1.81 bits per heavy atom. The van der Waals surface area contributed by atoms with Gasteiger partial charge in [0, 0.05) is 12.6 Å². The van der Waals surface area contributed by atoms with Crippen LogP contribution >= 0.6 is 0 Å². The van der Waals surface area contributed by atoms with Gasteiger partial charge in [0.15, 0.2) is 11.5 Å². The molecule has 0 bridgehead atoms. The Hall–Kier alpha value is -1.26. The highest BCUT2D eigenvalue weighted by molar-refractivity contribution is 5.43. The second-order valence-corrected chi connectivity index (χ2v) is 5.81. The molecule has 4 nitrogen and oxygen atoms in total. The van der Waals surface area contributed by atoms with Crippen LogP contribution in [-0.2, 0) is 11.2 Å². The van der Waals surface area contributed by atoms with Crippen LogP contribution in [0.4, 0.5) is 0 Å². The zero-order valence-electron chi connectivity index (χ0n) is 13.7. The van der Waals surface area contributed by atoms with E-state index in [4.69, 9.17) is 19.9 Å². The molecule has 1 atom stereocenters. The summed E-state index contributed by atoms with van der Waals surface area (Å²) in [5.41, 5.74) is 6.99. The maximum atomic E-state index is 5.83. The molecule has 0 aliphatic carbocycles. The number of hydrogen-bond donors (Lipinski definition) is 1. The van der Waals surface area contributed by atoms with Crippen molar-refractivity contribution >= 4 is 0 Å². The molecule has 0 amide bonds. The van der Waals surface area contributed by atoms with Crippen molar-refractivity contribution in [2.24, 2.45) is 11.7 Å². The average molecular weight is 295 g/mol. The van der Waals surface area contributed by atoms with Crippen molar-refractivity contribution in [3.05, 3.63) is 23.8 Å². The Morgan fingerprint density at radius 1 is 1.05 bits per heavy atom. The van der Waals surface area contributed by atoms with E-state index < -0.39 is 0 Å². The normalized spacial score (nSPS) is 12.5. The van der Waals surface area contributed by atoms with Gasteiger partial charge in [0.1, 0.15) is 6.61 Å². The van der Waals surface area contributed by atoms with Crippen molar-refractivity contribution in [1.29, 1.82) is 0 Å². The fourth-order valence-corrected chi connectivity index (χ4v) is 1.96. The summed E-state index contributed by atoms with van der Waals surface area (Å²) in [5.74, 6) is 2.16. The topological polar surface area (TPSA) is 53.7 Å². The molecule has 0 spiro atoms. The third-order valence-corrected chi connectivity index (χ3v) is 3.11. The number of methoxy groups -OCH3 is 1. The molecule has 1 unspecified atom stereocenters. The number of nitrogens with two attached hydrogens (primary N) is 1. The highest BCUT2D eigenvalue weighted by Crippen LogP contribution is 2.28. The second-order valence-electron chi connectivity index (χ2n) is 5.81. The largest absolute Gasteiger partial charge is 0.493 e. The van der Waals surface area contributed by atoms with E-state index in [0.717, 1.165) is 36.5 Å². The molecule has 0 saturated heterocycles. The minimum absolute atomic E-state index is 0.130. The van der Waals surface area contributed by atoms with Crippen LogP contribution in [0.15, 0.2) is 18.2 Å². The number of rotatable bonds is 10. The lowest BCUT2D eigenvalue weighted by atomic mass is 10.1. The molecule has 21 heavy (non-hydrogen) atoms. The van der Waals surface area contributed by atoms with Crippen LogP contribution in [-0.4, -0.2) is 33.0 Å². The first-order chi connectivity index (χ1) is 10.0. The Kier molecular flexibility index (Phi) is 8.16. The zero-order valence-corrected chi connectivity index (χ0v) is 13.7. The van der Waals surface area contributed by atoms with Crippen LogP contribution in [0.25, 0.3) is 0 Å². The van der Waals surface area contributed by atoms with Gasteiger partial charge in [-0.25, -0.2) is 0 Å². The molecule has 1 aromatic carbocycles. The van der Waals surface area contributed by atoms with Crippen LogP contribution < -0.4 is 15.2 Å². The predicted molar refractivity (Wildman–Crippen MR) is 86.1 cm³/mol. The molecule has 1 aromatic rings. The summed E-state index contributed by atoms with van der Waals surface area (Å²) in [4.78, 5) is 0. The van der Waals surface area contributed by atoms with Crippen LogP contribution in [0.1, 0.15) is 32.8 Å². The zero-order chi connectivity index (χ0) is 15.7. The fraction of sp³-hybridized carbons (Fsp3) is 0.647. The van der Waals surface area contributed by atoms with E-state index in [-0.39, 0.29) is 6.04 Å². The number of ether oxygens (including phenoxy) is 3. The van der Waals surface area contributed by atoms with Crippen molar-refractivity contribution in [3.63, 3.8) is 0 Å². The van der Waals surface area contributed by atoms with Gasteiger partial charge in [0.2, 0.25) is 0 Å². The highest BCUT2D eigenvalue weighted by Gasteiger charge is 2.07. The molecule has 4 heteroatoms. The van der Waals surface area contributed by atoms with Gasteiger partial charge >= 0.3 is 0 Å². The summed E-state index contributed by atoms with van der Waals surface area (Å²) < 4.78 is 16.6. The minimum atomic E-state index is 0.130. The third kappa shape index (κ3) is 7.34. The lowest BCUT2D eigenvalue weighted by molar-refractivity contribution is 0.0916. The summed E-state index contributed by atoms with van der Waals surface area (Å²) in [6.45, 7) is 8.27. The molecule has 0 radical (unpaired) electrons. The monoisotopic (exact) mass is 295 g/mol.